The molecule has 1 aromatic carbocycles. The van der Waals surface area contributed by atoms with Crippen molar-refractivity contribution >= 4 is 11.6 Å². The third kappa shape index (κ3) is 5.26. The van der Waals surface area contributed by atoms with Gasteiger partial charge in [0.2, 0.25) is 5.91 Å². The molecule has 0 saturated carbocycles. The number of halogens is 2. The second-order valence-corrected chi connectivity index (χ2v) is 5.63. The van der Waals surface area contributed by atoms with Gasteiger partial charge in [-0.05, 0) is 50.4 Å². The number of amides is 1. The van der Waals surface area contributed by atoms with Crippen LogP contribution in [0.5, 0.6) is 5.75 Å². The molecule has 4 nitrogen and oxygen atoms in total. The molecule has 122 valence electrons. The van der Waals surface area contributed by atoms with E-state index in [1.807, 2.05) is 0 Å². The van der Waals surface area contributed by atoms with Gasteiger partial charge in [0.25, 0.3) is 6.43 Å². The lowest BCUT2D eigenvalue weighted by molar-refractivity contribution is -0.116. The zero-order valence-electron chi connectivity index (χ0n) is 12.7. The Morgan fingerprint density at radius 2 is 2.32 bits per heavy atom. The van der Waals surface area contributed by atoms with Crippen LogP contribution in [0, 0.1) is 12.8 Å². The lowest BCUT2D eigenvalue weighted by atomic mass is 10.0. The van der Waals surface area contributed by atoms with E-state index in [1.54, 1.807) is 25.1 Å². The van der Waals surface area contributed by atoms with Crippen LogP contribution in [0.15, 0.2) is 18.2 Å². The number of aryl methyl sites for hydroxylation is 1. The summed E-state index contributed by atoms with van der Waals surface area (Å²) in [5.74, 6) is 0.877. The Hall–Kier alpha value is -1.69. The molecule has 2 rings (SSSR count). The van der Waals surface area contributed by atoms with Crippen LogP contribution in [0.1, 0.15) is 24.8 Å². The van der Waals surface area contributed by atoms with Gasteiger partial charge in [-0.25, -0.2) is 8.78 Å². The molecule has 1 atom stereocenters. The summed E-state index contributed by atoms with van der Waals surface area (Å²) in [6, 6.07) is 5.09. The first-order valence-electron chi connectivity index (χ1n) is 7.57. The first kappa shape index (κ1) is 16.7. The number of benzene rings is 1. The Morgan fingerprint density at radius 1 is 1.50 bits per heavy atom. The number of ether oxygens (including phenoxy) is 1. The van der Waals surface area contributed by atoms with Gasteiger partial charge >= 0.3 is 0 Å². The number of carbonyl (C=O) groups excluding carboxylic acids is 1. The van der Waals surface area contributed by atoms with Gasteiger partial charge in [0.15, 0.2) is 0 Å². The van der Waals surface area contributed by atoms with Crippen LogP contribution < -0.4 is 15.4 Å². The lowest BCUT2D eigenvalue weighted by Gasteiger charge is -2.12. The minimum Gasteiger partial charge on any atom is -0.487 e. The molecular weight excluding hydrogens is 290 g/mol. The highest BCUT2D eigenvalue weighted by atomic mass is 19.3. The highest BCUT2D eigenvalue weighted by molar-refractivity contribution is 5.90. The minimum atomic E-state index is -2.52. The summed E-state index contributed by atoms with van der Waals surface area (Å²) in [6.45, 7) is 3.13. The van der Waals surface area contributed by atoms with E-state index >= 15 is 0 Å². The predicted octanol–water partition coefficient (Wildman–Crippen LogP) is 2.97. The molecule has 0 aromatic heterocycles. The molecule has 2 N–H and O–H groups in total. The Labute approximate surface area is 129 Å². The lowest BCUT2D eigenvalue weighted by Crippen LogP contribution is -2.15. The molecule has 0 bridgehead atoms. The maximum atomic E-state index is 12.2. The standard InChI is InChI=1S/C16H22F2N2O2/c1-11-2-4-13(8-14(11)22-10-15(17)18)20-16(21)5-3-12-6-7-19-9-12/h2,4,8,12,15,19H,3,5-7,9-10H2,1H3,(H,20,21). The summed E-state index contributed by atoms with van der Waals surface area (Å²) < 4.78 is 29.5. The molecule has 1 aromatic rings. The van der Waals surface area contributed by atoms with Crippen molar-refractivity contribution in [2.45, 2.75) is 32.6 Å². The monoisotopic (exact) mass is 312 g/mol. The van der Waals surface area contributed by atoms with E-state index in [4.69, 9.17) is 4.74 Å². The van der Waals surface area contributed by atoms with Gasteiger partial charge in [0.05, 0.1) is 0 Å². The Morgan fingerprint density at radius 3 is 3.00 bits per heavy atom. The fourth-order valence-corrected chi connectivity index (χ4v) is 2.51. The number of anilines is 1. The molecule has 22 heavy (non-hydrogen) atoms. The maximum Gasteiger partial charge on any atom is 0.272 e. The summed E-state index contributed by atoms with van der Waals surface area (Å²) in [5, 5.41) is 6.07. The molecule has 6 heteroatoms. The van der Waals surface area contributed by atoms with Crippen molar-refractivity contribution in [3.8, 4) is 5.75 Å². The fraction of sp³-hybridized carbons (Fsp3) is 0.562. The Kier molecular flexibility index (Phi) is 6.12. The second kappa shape index (κ2) is 8.08. The van der Waals surface area contributed by atoms with Gasteiger partial charge in [0.1, 0.15) is 12.4 Å². The number of hydrogen-bond donors (Lipinski definition) is 2. The zero-order chi connectivity index (χ0) is 15.9. The van der Waals surface area contributed by atoms with Gasteiger partial charge in [-0.3, -0.25) is 4.79 Å². The number of carbonyl (C=O) groups is 1. The highest BCUT2D eigenvalue weighted by Crippen LogP contribution is 2.23. The summed E-state index contributed by atoms with van der Waals surface area (Å²) in [4.78, 5) is 11.9. The number of alkyl halides is 2. The van der Waals surface area contributed by atoms with E-state index in [2.05, 4.69) is 10.6 Å². The summed E-state index contributed by atoms with van der Waals surface area (Å²) in [5.41, 5.74) is 1.33. The van der Waals surface area contributed by atoms with Crippen LogP contribution in [-0.4, -0.2) is 32.0 Å². The van der Waals surface area contributed by atoms with Gasteiger partial charge in [-0.15, -0.1) is 0 Å². The second-order valence-electron chi connectivity index (χ2n) is 5.63. The van der Waals surface area contributed by atoms with Crippen LogP contribution in [0.25, 0.3) is 0 Å². The molecule has 1 saturated heterocycles. The molecule has 1 amide bonds. The summed E-state index contributed by atoms with van der Waals surface area (Å²) in [7, 11) is 0. The van der Waals surface area contributed by atoms with Crippen molar-refractivity contribution in [1.82, 2.24) is 5.32 Å². The molecular formula is C16H22F2N2O2. The van der Waals surface area contributed by atoms with Crippen LogP contribution in [0.4, 0.5) is 14.5 Å². The molecule has 0 aliphatic carbocycles. The van der Waals surface area contributed by atoms with Crippen molar-refractivity contribution in [3.63, 3.8) is 0 Å². The zero-order valence-corrected chi connectivity index (χ0v) is 12.7. The van der Waals surface area contributed by atoms with E-state index in [0.29, 0.717) is 23.8 Å². The molecule has 1 unspecified atom stereocenters. The molecule has 1 heterocycles. The average molecular weight is 312 g/mol. The van der Waals surface area contributed by atoms with Crippen molar-refractivity contribution < 1.29 is 18.3 Å². The van der Waals surface area contributed by atoms with Crippen molar-refractivity contribution in [3.05, 3.63) is 23.8 Å². The van der Waals surface area contributed by atoms with Gasteiger partial charge in [-0.2, -0.15) is 0 Å². The topological polar surface area (TPSA) is 50.4 Å². The summed E-state index contributed by atoms with van der Waals surface area (Å²) in [6.07, 6.45) is -0.0753. The highest BCUT2D eigenvalue weighted by Gasteiger charge is 2.16. The van der Waals surface area contributed by atoms with E-state index < -0.39 is 13.0 Å². The van der Waals surface area contributed by atoms with E-state index in [0.717, 1.165) is 31.5 Å². The molecule has 0 radical (unpaired) electrons. The first-order chi connectivity index (χ1) is 10.5. The van der Waals surface area contributed by atoms with Crippen molar-refractivity contribution in [2.24, 2.45) is 5.92 Å². The maximum absolute atomic E-state index is 12.2. The van der Waals surface area contributed by atoms with Gasteiger partial charge in [-0.1, -0.05) is 6.07 Å². The molecule has 0 spiro atoms. The smallest absolute Gasteiger partial charge is 0.272 e. The molecule has 1 aliphatic rings. The van der Waals surface area contributed by atoms with Crippen molar-refractivity contribution in [1.29, 1.82) is 0 Å². The number of nitrogens with one attached hydrogen (secondary N) is 2. The average Bonchev–Trinajstić information content (AvgIpc) is 2.99. The fourth-order valence-electron chi connectivity index (χ4n) is 2.51. The number of rotatable bonds is 7. The third-order valence-corrected chi connectivity index (χ3v) is 3.78. The quantitative estimate of drug-likeness (QED) is 0.814. The van der Waals surface area contributed by atoms with E-state index in [9.17, 15) is 13.6 Å². The first-order valence-corrected chi connectivity index (χ1v) is 7.57. The van der Waals surface area contributed by atoms with Crippen LogP contribution >= 0.6 is 0 Å². The molecule has 1 fully saturated rings. The minimum absolute atomic E-state index is 0.0597. The Balaban J connectivity index is 1.85. The van der Waals surface area contributed by atoms with Crippen LogP contribution in [0.3, 0.4) is 0 Å². The summed E-state index contributed by atoms with van der Waals surface area (Å²) >= 11 is 0. The SMILES string of the molecule is Cc1ccc(NC(=O)CCC2CCNC2)cc1OCC(F)F. The van der Waals surface area contributed by atoms with Crippen molar-refractivity contribution in [2.75, 3.05) is 25.0 Å². The van der Waals surface area contributed by atoms with Gasteiger partial charge < -0.3 is 15.4 Å². The molecule has 1 aliphatic heterocycles. The van der Waals surface area contributed by atoms with Gasteiger partial charge in [0, 0.05) is 18.2 Å². The van der Waals surface area contributed by atoms with Crippen LogP contribution in [0.2, 0.25) is 0 Å². The third-order valence-electron chi connectivity index (χ3n) is 3.78. The predicted molar refractivity (Wildman–Crippen MR) is 81.5 cm³/mol. The van der Waals surface area contributed by atoms with E-state index in [-0.39, 0.29) is 5.91 Å². The normalized spacial score (nSPS) is 17.7. The van der Waals surface area contributed by atoms with E-state index in [1.165, 1.54) is 0 Å². The Bertz CT molecular complexity index is 503. The largest absolute Gasteiger partial charge is 0.487 e. The number of hydrogen-bond acceptors (Lipinski definition) is 3. The van der Waals surface area contributed by atoms with Crippen LogP contribution in [-0.2, 0) is 4.79 Å².